The Hall–Kier alpha value is -3.90. The number of aliphatic hydroxyl groups is 1. The second kappa shape index (κ2) is 14.7. The summed E-state index contributed by atoms with van der Waals surface area (Å²) in [6, 6.07) is 29.9. The summed E-state index contributed by atoms with van der Waals surface area (Å²) in [5.74, 6) is -1.44. The maximum absolute atomic E-state index is 12.7. The number of benzene rings is 3. The number of rotatable bonds is 13. The van der Waals surface area contributed by atoms with Crippen molar-refractivity contribution < 1.29 is 24.1 Å². The largest absolute Gasteiger partial charge is 0.374 e. The lowest BCUT2D eigenvalue weighted by molar-refractivity contribution is -0.256. The van der Waals surface area contributed by atoms with E-state index >= 15 is 0 Å². The standard InChI is InChI=1S/C37H40ClN5O5/c1-42(29-19-11-12-20-29)35-34-39-21-31(43(34)41-36(38)40-35)37(44)33(47-24-28-17-9-4-10-18-28)32(46-23-27-15-7-3-8-16-27)30(48-37)25-45-22-26-13-5-2-6-14-26/h2-10,13-18,21,29-30,32-33,44H,11-12,19-20,22-25H2,1H3/t30-,32-,33-,37?/m1/s1. The minimum Gasteiger partial charge on any atom is -0.374 e. The van der Waals surface area contributed by atoms with Gasteiger partial charge in [-0.05, 0) is 41.1 Å². The molecule has 7 rings (SSSR count). The van der Waals surface area contributed by atoms with Gasteiger partial charge in [0.25, 0.3) is 0 Å². The topological polar surface area (TPSA) is 103 Å². The second-order valence-corrected chi connectivity index (χ2v) is 12.8. The lowest BCUT2D eigenvalue weighted by Crippen LogP contribution is -2.45. The van der Waals surface area contributed by atoms with Gasteiger partial charge in [-0.2, -0.15) is 4.98 Å². The third-order valence-corrected chi connectivity index (χ3v) is 9.39. The molecule has 0 amide bonds. The van der Waals surface area contributed by atoms with E-state index in [2.05, 4.69) is 15.0 Å². The number of hydrogen-bond donors (Lipinski definition) is 1. The van der Waals surface area contributed by atoms with Crippen molar-refractivity contribution in [3.8, 4) is 0 Å². The van der Waals surface area contributed by atoms with Crippen molar-refractivity contribution in [2.24, 2.45) is 0 Å². The van der Waals surface area contributed by atoms with Crippen molar-refractivity contribution in [3.05, 3.63) is 125 Å². The molecule has 1 N–H and O–H groups in total. The van der Waals surface area contributed by atoms with Crippen LogP contribution in [-0.2, 0) is 44.6 Å². The first-order valence-corrected chi connectivity index (χ1v) is 16.8. The smallest absolute Gasteiger partial charge is 0.243 e. The first-order valence-electron chi connectivity index (χ1n) is 16.5. The van der Waals surface area contributed by atoms with Crippen molar-refractivity contribution in [3.63, 3.8) is 0 Å². The number of fused-ring (bicyclic) bond motifs is 1. The second-order valence-electron chi connectivity index (χ2n) is 12.5. The molecule has 1 saturated carbocycles. The molecule has 250 valence electrons. The van der Waals surface area contributed by atoms with Crippen molar-refractivity contribution in [1.29, 1.82) is 0 Å². The van der Waals surface area contributed by atoms with Gasteiger partial charge in [0.2, 0.25) is 11.1 Å². The van der Waals surface area contributed by atoms with E-state index in [4.69, 9.17) is 35.5 Å². The Morgan fingerprint density at radius 3 is 2.08 bits per heavy atom. The molecule has 11 heteroatoms. The quantitative estimate of drug-likeness (QED) is 0.160. The summed E-state index contributed by atoms with van der Waals surface area (Å²) in [6.07, 6.45) is 3.59. The molecule has 1 saturated heterocycles. The molecule has 1 aliphatic heterocycles. The van der Waals surface area contributed by atoms with Gasteiger partial charge in [0, 0.05) is 13.1 Å². The highest BCUT2D eigenvalue weighted by atomic mass is 35.5. The van der Waals surface area contributed by atoms with Crippen LogP contribution in [-0.4, -0.2) is 62.7 Å². The van der Waals surface area contributed by atoms with Crippen LogP contribution in [0.15, 0.2) is 97.2 Å². The van der Waals surface area contributed by atoms with E-state index in [1.54, 1.807) is 6.20 Å². The number of hydrogen-bond acceptors (Lipinski definition) is 9. The first-order chi connectivity index (χ1) is 23.5. The van der Waals surface area contributed by atoms with Gasteiger partial charge in [0.15, 0.2) is 11.5 Å². The van der Waals surface area contributed by atoms with Crippen molar-refractivity contribution >= 4 is 23.1 Å². The predicted molar refractivity (Wildman–Crippen MR) is 181 cm³/mol. The monoisotopic (exact) mass is 669 g/mol. The van der Waals surface area contributed by atoms with Crippen molar-refractivity contribution in [2.75, 3.05) is 18.6 Å². The molecule has 5 aromatic rings. The summed E-state index contributed by atoms with van der Waals surface area (Å²) in [5.41, 5.74) is 3.67. The zero-order valence-electron chi connectivity index (χ0n) is 26.9. The van der Waals surface area contributed by atoms with Gasteiger partial charge in [0.05, 0.1) is 32.6 Å². The predicted octanol–water partition coefficient (Wildman–Crippen LogP) is 6.09. The highest BCUT2D eigenvalue weighted by molar-refractivity contribution is 6.28. The molecule has 2 aliphatic rings. The molecule has 1 aliphatic carbocycles. The van der Waals surface area contributed by atoms with Crippen LogP contribution in [0.3, 0.4) is 0 Å². The Morgan fingerprint density at radius 1 is 0.875 bits per heavy atom. The number of halogens is 1. The highest BCUT2D eigenvalue weighted by Crippen LogP contribution is 2.43. The van der Waals surface area contributed by atoms with Crippen molar-refractivity contribution in [2.45, 2.75) is 75.6 Å². The van der Waals surface area contributed by atoms with Gasteiger partial charge in [-0.3, -0.25) is 0 Å². The summed E-state index contributed by atoms with van der Waals surface area (Å²) < 4.78 is 27.4. The van der Waals surface area contributed by atoms with Gasteiger partial charge in [-0.25, -0.2) is 9.50 Å². The zero-order valence-corrected chi connectivity index (χ0v) is 27.7. The van der Waals surface area contributed by atoms with E-state index in [-0.39, 0.29) is 30.8 Å². The van der Waals surface area contributed by atoms with Crippen LogP contribution in [0.5, 0.6) is 0 Å². The molecular weight excluding hydrogens is 630 g/mol. The Labute approximate surface area is 285 Å². The van der Waals surface area contributed by atoms with Gasteiger partial charge in [0.1, 0.15) is 24.0 Å². The minimum atomic E-state index is -2.03. The SMILES string of the molecule is CN(c1nc(Cl)nn2c(C3(O)O[C@H](COCc4ccccc4)[C@@H](OCc4ccccc4)[C@H]3OCc3ccccc3)cnc12)C1CCCC1. The summed E-state index contributed by atoms with van der Waals surface area (Å²) in [5, 5.41) is 17.3. The molecule has 4 atom stereocenters. The molecule has 3 aromatic carbocycles. The third kappa shape index (κ3) is 6.96. The van der Waals surface area contributed by atoms with Gasteiger partial charge in [-0.15, -0.1) is 5.10 Å². The Balaban J connectivity index is 1.25. The number of imidazole rings is 1. The van der Waals surface area contributed by atoms with Gasteiger partial charge in [-0.1, -0.05) is 104 Å². The van der Waals surface area contributed by atoms with Crippen molar-refractivity contribution in [1.82, 2.24) is 19.6 Å². The Bertz CT molecular complexity index is 1770. The lowest BCUT2D eigenvalue weighted by atomic mass is 10.0. The van der Waals surface area contributed by atoms with E-state index < -0.39 is 24.1 Å². The molecule has 0 radical (unpaired) electrons. The fourth-order valence-electron chi connectivity index (χ4n) is 6.70. The maximum Gasteiger partial charge on any atom is 0.243 e. The van der Waals surface area contributed by atoms with Crippen LogP contribution in [0.25, 0.3) is 5.65 Å². The van der Waals surface area contributed by atoms with Crippen LogP contribution in [0.4, 0.5) is 5.82 Å². The van der Waals surface area contributed by atoms with Crippen LogP contribution in [0.1, 0.15) is 48.1 Å². The van der Waals surface area contributed by atoms with Crippen LogP contribution in [0.2, 0.25) is 5.28 Å². The molecule has 3 heterocycles. The molecule has 2 aromatic heterocycles. The summed E-state index contributed by atoms with van der Waals surface area (Å²) >= 11 is 6.54. The van der Waals surface area contributed by atoms with Gasteiger partial charge >= 0.3 is 0 Å². The maximum atomic E-state index is 12.7. The van der Waals surface area contributed by atoms with E-state index in [9.17, 15) is 5.11 Å². The van der Waals surface area contributed by atoms with E-state index in [0.717, 1.165) is 42.4 Å². The molecule has 0 bridgehead atoms. The summed E-state index contributed by atoms with van der Waals surface area (Å²) in [6.45, 7) is 1.00. The Morgan fingerprint density at radius 2 is 1.46 bits per heavy atom. The Kier molecular flexibility index (Phi) is 9.99. The van der Waals surface area contributed by atoms with E-state index in [0.29, 0.717) is 24.1 Å². The number of nitrogens with zero attached hydrogens (tertiary/aromatic N) is 5. The number of aromatic nitrogens is 4. The average Bonchev–Trinajstić information content (AvgIpc) is 3.86. The highest BCUT2D eigenvalue weighted by Gasteiger charge is 2.59. The minimum absolute atomic E-state index is 0.0320. The lowest BCUT2D eigenvalue weighted by Gasteiger charge is -2.30. The molecule has 1 unspecified atom stereocenters. The molecule has 2 fully saturated rings. The first kappa shape index (κ1) is 32.6. The third-order valence-electron chi connectivity index (χ3n) is 9.22. The molecule has 0 spiro atoms. The van der Waals surface area contributed by atoms with Crippen LogP contribution < -0.4 is 4.90 Å². The van der Waals surface area contributed by atoms with E-state index in [1.807, 2.05) is 98.0 Å². The zero-order chi connectivity index (χ0) is 32.9. The average molecular weight is 670 g/mol. The fourth-order valence-corrected chi connectivity index (χ4v) is 6.86. The van der Waals surface area contributed by atoms with Gasteiger partial charge < -0.3 is 29.0 Å². The summed E-state index contributed by atoms with van der Waals surface area (Å²) in [4.78, 5) is 11.4. The van der Waals surface area contributed by atoms with Crippen LogP contribution in [0, 0.1) is 0 Å². The summed E-state index contributed by atoms with van der Waals surface area (Å²) in [7, 11) is 2.00. The van der Waals surface area contributed by atoms with Crippen LogP contribution >= 0.6 is 11.6 Å². The molecule has 48 heavy (non-hydrogen) atoms. The molecule has 10 nitrogen and oxygen atoms in total. The van der Waals surface area contributed by atoms with E-state index in [1.165, 1.54) is 4.52 Å². The number of anilines is 1. The fraction of sp³-hybridized carbons (Fsp3) is 0.378. The normalized spacial score (nSPS) is 22.9. The number of ether oxygens (including phenoxy) is 4. The molecular formula is C37H40ClN5O5.